The lowest BCUT2D eigenvalue weighted by Gasteiger charge is -2.39. The zero-order chi connectivity index (χ0) is 21.7. The van der Waals surface area contributed by atoms with Gasteiger partial charge in [0.1, 0.15) is 0 Å². The molecule has 1 atom stereocenters. The number of carbonyl (C=O) groups excluding carboxylic acids is 1. The maximum absolute atomic E-state index is 12.7. The Morgan fingerprint density at radius 1 is 1.06 bits per heavy atom. The Bertz CT molecular complexity index is 749. The summed E-state index contributed by atoms with van der Waals surface area (Å²) in [6.45, 7) is 12.5. The molecule has 0 bridgehead atoms. The largest absolute Gasteiger partial charge is 0.352 e. The molecular weight excluding hydrogens is 505 g/mol. The highest BCUT2D eigenvalue weighted by Gasteiger charge is 2.30. The number of nitrogens with zero attached hydrogens (tertiary/aromatic N) is 6. The highest BCUT2D eigenvalue weighted by molar-refractivity contribution is 14.0. The molecule has 2 aliphatic rings. The highest BCUT2D eigenvalue weighted by atomic mass is 127. The van der Waals surface area contributed by atoms with Crippen LogP contribution in [0.4, 0.5) is 0 Å². The van der Waals surface area contributed by atoms with Gasteiger partial charge in [0.05, 0.1) is 11.7 Å². The maximum atomic E-state index is 12.7. The molecule has 8 nitrogen and oxygen atoms in total. The van der Waals surface area contributed by atoms with E-state index < -0.39 is 0 Å². The van der Waals surface area contributed by atoms with E-state index in [1.807, 2.05) is 23.7 Å². The van der Waals surface area contributed by atoms with Gasteiger partial charge in [0.15, 0.2) is 5.96 Å². The van der Waals surface area contributed by atoms with E-state index in [1.165, 1.54) is 11.3 Å². The lowest BCUT2D eigenvalue weighted by Crippen LogP contribution is -2.57. The second-order valence-electron chi connectivity index (χ2n) is 8.33. The minimum absolute atomic E-state index is 0. The molecule has 176 valence electrons. The van der Waals surface area contributed by atoms with Crippen LogP contribution in [0.3, 0.4) is 0 Å². The molecule has 1 aromatic rings. The van der Waals surface area contributed by atoms with Crippen molar-refractivity contribution in [3.8, 4) is 0 Å². The quantitative estimate of drug-likeness (QED) is 0.336. The predicted molar refractivity (Wildman–Crippen MR) is 136 cm³/mol. The average molecular weight is 546 g/mol. The van der Waals surface area contributed by atoms with Crippen molar-refractivity contribution in [3.63, 3.8) is 0 Å². The van der Waals surface area contributed by atoms with E-state index in [0.717, 1.165) is 83.2 Å². The molecule has 31 heavy (non-hydrogen) atoms. The Balaban J connectivity index is 0.00000341. The first-order chi connectivity index (χ1) is 14.5. The van der Waals surface area contributed by atoms with Crippen LogP contribution in [0.25, 0.3) is 0 Å². The monoisotopic (exact) mass is 545 g/mol. The number of amides is 1. The third-order valence-corrected chi connectivity index (χ3v) is 6.60. The third-order valence-electron chi connectivity index (χ3n) is 6.60. The zero-order valence-electron chi connectivity index (χ0n) is 19.9. The van der Waals surface area contributed by atoms with Crippen LogP contribution >= 0.6 is 24.0 Å². The molecule has 1 N–H and O–H groups in total. The number of halogens is 1. The Hall–Kier alpha value is -1.36. The van der Waals surface area contributed by atoms with Gasteiger partial charge in [0.25, 0.3) is 0 Å². The van der Waals surface area contributed by atoms with E-state index in [2.05, 4.69) is 46.0 Å². The van der Waals surface area contributed by atoms with Crippen molar-refractivity contribution in [2.24, 2.45) is 12.0 Å². The fraction of sp³-hybridized carbons (Fsp3) is 0.773. The Kier molecular flexibility index (Phi) is 10.1. The Morgan fingerprint density at radius 3 is 2.26 bits per heavy atom. The number of guanidine groups is 1. The molecule has 2 fully saturated rings. The van der Waals surface area contributed by atoms with Gasteiger partial charge in [-0.2, -0.15) is 5.10 Å². The topological polar surface area (TPSA) is 69.0 Å². The first kappa shape index (κ1) is 25.9. The van der Waals surface area contributed by atoms with Crippen molar-refractivity contribution in [1.82, 2.24) is 29.8 Å². The fourth-order valence-corrected chi connectivity index (χ4v) is 4.77. The first-order valence-electron chi connectivity index (χ1n) is 11.5. The van der Waals surface area contributed by atoms with Crippen LogP contribution in [0.1, 0.15) is 50.6 Å². The van der Waals surface area contributed by atoms with Crippen molar-refractivity contribution in [2.45, 2.75) is 59.0 Å². The molecule has 0 aromatic carbocycles. The summed E-state index contributed by atoms with van der Waals surface area (Å²) < 4.78 is 2.01. The molecular formula is C22H40IN7O. The minimum atomic E-state index is -0.0326. The molecule has 0 aliphatic carbocycles. The maximum Gasteiger partial charge on any atom is 0.239 e. The molecule has 1 aromatic heterocycles. The van der Waals surface area contributed by atoms with E-state index in [0.29, 0.717) is 5.91 Å². The van der Waals surface area contributed by atoms with Gasteiger partial charge in [-0.1, -0.05) is 13.8 Å². The highest BCUT2D eigenvalue weighted by Crippen LogP contribution is 2.16. The van der Waals surface area contributed by atoms with Crippen molar-refractivity contribution in [3.05, 3.63) is 17.0 Å². The molecule has 2 saturated heterocycles. The number of carbonyl (C=O) groups is 1. The van der Waals surface area contributed by atoms with Gasteiger partial charge in [-0.25, -0.2) is 0 Å². The third kappa shape index (κ3) is 5.91. The van der Waals surface area contributed by atoms with Crippen molar-refractivity contribution < 1.29 is 4.79 Å². The number of likely N-dealkylation sites (tertiary alicyclic amines) is 1. The summed E-state index contributed by atoms with van der Waals surface area (Å²) in [5.41, 5.74) is 3.75. The molecule has 3 rings (SSSR count). The van der Waals surface area contributed by atoms with E-state index >= 15 is 0 Å². The van der Waals surface area contributed by atoms with Gasteiger partial charge in [-0.3, -0.25) is 19.4 Å². The second kappa shape index (κ2) is 12.0. The predicted octanol–water partition coefficient (Wildman–Crippen LogP) is 1.87. The van der Waals surface area contributed by atoms with Crippen LogP contribution in [-0.4, -0.2) is 88.7 Å². The Morgan fingerprint density at radius 2 is 1.71 bits per heavy atom. The fourth-order valence-electron chi connectivity index (χ4n) is 4.77. The number of aryl methyl sites for hydroxylation is 2. The normalized spacial score (nSPS) is 18.8. The molecule has 0 saturated carbocycles. The van der Waals surface area contributed by atoms with Crippen LogP contribution in [0.5, 0.6) is 0 Å². The van der Waals surface area contributed by atoms with Crippen LogP contribution in [0, 0.1) is 0 Å². The van der Waals surface area contributed by atoms with Gasteiger partial charge in [-0.15, -0.1) is 24.0 Å². The molecule has 9 heteroatoms. The summed E-state index contributed by atoms with van der Waals surface area (Å²) in [4.78, 5) is 23.9. The number of aromatic nitrogens is 2. The first-order valence-corrected chi connectivity index (χ1v) is 11.5. The van der Waals surface area contributed by atoms with Crippen LogP contribution < -0.4 is 5.32 Å². The van der Waals surface area contributed by atoms with Gasteiger partial charge in [0, 0.05) is 71.2 Å². The molecule has 0 radical (unpaired) electrons. The molecule has 1 amide bonds. The number of hydrogen-bond donors (Lipinski definition) is 1. The SMILES string of the molecule is CCc1nn(C)c(CC)c1CNC(=NC)N1CCN(C(C)C(=O)N2CCCC2)CC1.I. The summed E-state index contributed by atoms with van der Waals surface area (Å²) >= 11 is 0. The van der Waals surface area contributed by atoms with Gasteiger partial charge in [0.2, 0.25) is 5.91 Å². The zero-order valence-corrected chi connectivity index (χ0v) is 22.2. The minimum Gasteiger partial charge on any atom is -0.352 e. The number of nitrogens with one attached hydrogen (secondary N) is 1. The number of aliphatic imine (C=N–C) groups is 1. The standard InChI is InChI=1S/C22H39N7O.HI/c1-6-19-18(20(7-2)26(5)25-19)16-24-22(23-4)29-14-12-27(13-15-29)17(3)21(30)28-10-8-9-11-28;/h17H,6-16H2,1-5H3,(H,23,24);1H. The Labute approximate surface area is 204 Å². The molecule has 1 unspecified atom stereocenters. The van der Waals surface area contributed by atoms with Crippen molar-refractivity contribution in [1.29, 1.82) is 0 Å². The van der Waals surface area contributed by atoms with E-state index in [1.54, 1.807) is 0 Å². The summed E-state index contributed by atoms with van der Waals surface area (Å²) in [5.74, 6) is 1.22. The van der Waals surface area contributed by atoms with Gasteiger partial charge >= 0.3 is 0 Å². The number of piperazine rings is 1. The number of rotatable bonds is 6. The summed E-state index contributed by atoms with van der Waals surface area (Å²) in [6.07, 6.45) is 4.20. The summed E-state index contributed by atoms with van der Waals surface area (Å²) in [6, 6.07) is -0.0326. The van der Waals surface area contributed by atoms with E-state index in [4.69, 9.17) is 0 Å². The molecule has 3 heterocycles. The number of hydrogen-bond acceptors (Lipinski definition) is 4. The van der Waals surface area contributed by atoms with Crippen LogP contribution in [0.15, 0.2) is 4.99 Å². The lowest BCUT2D eigenvalue weighted by molar-refractivity contribution is -0.135. The van der Waals surface area contributed by atoms with Crippen LogP contribution in [-0.2, 0) is 31.2 Å². The molecule has 0 spiro atoms. The van der Waals surface area contributed by atoms with Crippen molar-refractivity contribution >= 4 is 35.8 Å². The second-order valence-corrected chi connectivity index (χ2v) is 8.33. The average Bonchev–Trinajstić information content (AvgIpc) is 3.41. The van der Waals surface area contributed by atoms with Crippen molar-refractivity contribution in [2.75, 3.05) is 46.3 Å². The summed E-state index contributed by atoms with van der Waals surface area (Å²) in [5, 5.41) is 8.23. The smallest absolute Gasteiger partial charge is 0.239 e. The van der Waals surface area contributed by atoms with E-state index in [-0.39, 0.29) is 30.0 Å². The molecule has 2 aliphatic heterocycles. The van der Waals surface area contributed by atoms with Gasteiger partial charge < -0.3 is 15.1 Å². The summed E-state index contributed by atoms with van der Waals surface area (Å²) in [7, 11) is 3.87. The van der Waals surface area contributed by atoms with Gasteiger partial charge in [-0.05, 0) is 32.6 Å². The van der Waals surface area contributed by atoms with E-state index in [9.17, 15) is 4.79 Å². The van der Waals surface area contributed by atoms with Crippen LogP contribution in [0.2, 0.25) is 0 Å². The lowest BCUT2D eigenvalue weighted by atomic mass is 10.1.